The van der Waals surface area contributed by atoms with E-state index in [0.717, 1.165) is 12.8 Å². The van der Waals surface area contributed by atoms with Crippen molar-refractivity contribution < 1.29 is 19.5 Å². The van der Waals surface area contributed by atoms with Crippen molar-refractivity contribution in [2.24, 2.45) is 18.9 Å². The molecule has 0 spiro atoms. The van der Waals surface area contributed by atoms with Gasteiger partial charge in [-0.05, 0) is 31.7 Å². The standard InChI is InChI=1S/C15H20N2O4/c1-9(18)11-6-13(17(2)8-11)14(19)16-7-10-4-3-5-12(10)15(20)21/h6,8,10,12H,3-5,7H2,1-2H3,(H,16,19)(H,20,21). The molecule has 1 aliphatic carbocycles. The Hall–Kier alpha value is -2.11. The number of rotatable bonds is 5. The van der Waals surface area contributed by atoms with E-state index in [4.69, 9.17) is 5.11 Å². The van der Waals surface area contributed by atoms with Crippen molar-refractivity contribution >= 4 is 17.7 Å². The monoisotopic (exact) mass is 292 g/mol. The van der Waals surface area contributed by atoms with Gasteiger partial charge in [0.1, 0.15) is 5.69 Å². The van der Waals surface area contributed by atoms with E-state index in [2.05, 4.69) is 5.32 Å². The molecule has 1 aromatic rings. The van der Waals surface area contributed by atoms with Crippen LogP contribution in [0.5, 0.6) is 0 Å². The van der Waals surface area contributed by atoms with E-state index in [1.807, 2.05) is 0 Å². The van der Waals surface area contributed by atoms with Gasteiger partial charge in [0.25, 0.3) is 5.91 Å². The Morgan fingerprint density at radius 1 is 1.38 bits per heavy atom. The molecule has 0 saturated heterocycles. The van der Waals surface area contributed by atoms with Gasteiger partial charge in [-0.15, -0.1) is 0 Å². The van der Waals surface area contributed by atoms with Gasteiger partial charge in [0, 0.05) is 25.4 Å². The molecule has 1 heterocycles. The minimum absolute atomic E-state index is 0.0148. The number of aromatic nitrogens is 1. The van der Waals surface area contributed by atoms with Crippen LogP contribution in [0.4, 0.5) is 0 Å². The minimum Gasteiger partial charge on any atom is -0.481 e. The van der Waals surface area contributed by atoms with Crippen molar-refractivity contribution in [2.75, 3.05) is 6.54 Å². The van der Waals surface area contributed by atoms with Crippen molar-refractivity contribution in [3.63, 3.8) is 0 Å². The number of carboxylic acids is 1. The molecule has 114 valence electrons. The summed E-state index contributed by atoms with van der Waals surface area (Å²) >= 11 is 0. The lowest BCUT2D eigenvalue weighted by atomic mass is 9.96. The summed E-state index contributed by atoms with van der Waals surface area (Å²) in [6, 6.07) is 1.56. The molecule has 1 fully saturated rings. The van der Waals surface area contributed by atoms with Gasteiger partial charge in [-0.1, -0.05) is 6.42 Å². The normalized spacial score (nSPS) is 21.2. The summed E-state index contributed by atoms with van der Waals surface area (Å²) in [5.74, 6) is -1.54. The molecule has 6 nitrogen and oxygen atoms in total. The van der Waals surface area contributed by atoms with Crippen LogP contribution in [0.3, 0.4) is 0 Å². The molecule has 1 aliphatic rings. The number of Topliss-reactive ketones (excluding diaryl/α,β-unsaturated/α-hetero) is 1. The van der Waals surface area contributed by atoms with Gasteiger partial charge in [0.05, 0.1) is 5.92 Å². The van der Waals surface area contributed by atoms with Crippen LogP contribution >= 0.6 is 0 Å². The third-order valence-corrected chi connectivity index (χ3v) is 4.15. The summed E-state index contributed by atoms with van der Waals surface area (Å²) in [4.78, 5) is 34.6. The van der Waals surface area contributed by atoms with Crippen LogP contribution in [-0.2, 0) is 11.8 Å². The van der Waals surface area contributed by atoms with Crippen molar-refractivity contribution in [2.45, 2.75) is 26.2 Å². The zero-order valence-corrected chi connectivity index (χ0v) is 12.3. The van der Waals surface area contributed by atoms with E-state index in [9.17, 15) is 14.4 Å². The predicted octanol–water partition coefficient (Wildman–Crippen LogP) is 1.46. The first-order valence-corrected chi connectivity index (χ1v) is 7.08. The zero-order valence-electron chi connectivity index (χ0n) is 12.3. The number of aliphatic carboxylic acids is 1. The lowest BCUT2D eigenvalue weighted by Crippen LogP contribution is -2.33. The highest BCUT2D eigenvalue weighted by atomic mass is 16.4. The van der Waals surface area contributed by atoms with Crippen LogP contribution in [0.15, 0.2) is 12.3 Å². The number of nitrogens with zero attached hydrogens (tertiary/aromatic N) is 1. The molecule has 0 bridgehead atoms. The average molecular weight is 292 g/mol. The van der Waals surface area contributed by atoms with Gasteiger partial charge in [-0.25, -0.2) is 0 Å². The molecule has 1 aromatic heterocycles. The predicted molar refractivity (Wildman–Crippen MR) is 76.2 cm³/mol. The van der Waals surface area contributed by atoms with Gasteiger partial charge in [0.15, 0.2) is 5.78 Å². The smallest absolute Gasteiger partial charge is 0.306 e. The van der Waals surface area contributed by atoms with Gasteiger partial charge in [0.2, 0.25) is 0 Å². The van der Waals surface area contributed by atoms with E-state index in [1.54, 1.807) is 23.9 Å². The van der Waals surface area contributed by atoms with Crippen molar-refractivity contribution in [3.05, 3.63) is 23.5 Å². The Balaban J connectivity index is 1.99. The number of hydrogen-bond acceptors (Lipinski definition) is 3. The maximum atomic E-state index is 12.1. The Morgan fingerprint density at radius 2 is 2.10 bits per heavy atom. The number of ketones is 1. The molecule has 0 radical (unpaired) electrons. The van der Waals surface area contributed by atoms with Crippen LogP contribution in [0, 0.1) is 11.8 Å². The molecule has 0 aromatic carbocycles. The van der Waals surface area contributed by atoms with Gasteiger partial charge in [-0.2, -0.15) is 0 Å². The first-order valence-electron chi connectivity index (χ1n) is 7.08. The van der Waals surface area contributed by atoms with E-state index in [0.29, 0.717) is 24.2 Å². The molecule has 1 saturated carbocycles. The molecular weight excluding hydrogens is 272 g/mol. The summed E-state index contributed by atoms with van der Waals surface area (Å²) in [5.41, 5.74) is 0.900. The highest BCUT2D eigenvalue weighted by molar-refractivity contribution is 5.99. The molecule has 21 heavy (non-hydrogen) atoms. The third kappa shape index (κ3) is 3.32. The topological polar surface area (TPSA) is 88.4 Å². The van der Waals surface area contributed by atoms with Gasteiger partial charge < -0.3 is 15.0 Å². The Labute approximate surface area is 123 Å². The Morgan fingerprint density at radius 3 is 2.67 bits per heavy atom. The molecule has 2 atom stereocenters. The van der Waals surface area contributed by atoms with Crippen LogP contribution in [0.1, 0.15) is 47.0 Å². The number of aryl methyl sites for hydroxylation is 1. The molecule has 6 heteroatoms. The number of amides is 1. The van der Waals surface area contributed by atoms with Crippen LogP contribution in [-0.4, -0.2) is 33.9 Å². The second kappa shape index (κ2) is 6.11. The zero-order chi connectivity index (χ0) is 15.6. The van der Waals surface area contributed by atoms with Crippen molar-refractivity contribution in [1.82, 2.24) is 9.88 Å². The number of carboxylic acid groups (broad SMARTS) is 1. The maximum absolute atomic E-state index is 12.1. The summed E-state index contributed by atoms with van der Waals surface area (Å²) in [5, 5.41) is 11.9. The van der Waals surface area contributed by atoms with Crippen molar-refractivity contribution in [3.8, 4) is 0 Å². The second-order valence-corrected chi connectivity index (χ2v) is 5.63. The highest BCUT2D eigenvalue weighted by Crippen LogP contribution is 2.31. The Bertz CT molecular complexity index is 576. The lowest BCUT2D eigenvalue weighted by Gasteiger charge is -2.16. The molecule has 0 aliphatic heterocycles. The summed E-state index contributed by atoms with van der Waals surface area (Å²) in [6.07, 6.45) is 4.00. The first-order chi connectivity index (χ1) is 9.90. The number of carbonyl (C=O) groups excluding carboxylic acids is 2. The molecular formula is C15H20N2O4. The fourth-order valence-electron chi connectivity index (χ4n) is 2.90. The van der Waals surface area contributed by atoms with Crippen LogP contribution in [0.25, 0.3) is 0 Å². The van der Waals surface area contributed by atoms with Gasteiger partial charge >= 0.3 is 5.97 Å². The fraction of sp³-hybridized carbons (Fsp3) is 0.533. The number of carbonyl (C=O) groups is 3. The molecule has 2 unspecified atom stereocenters. The summed E-state index contributed by atoms with van der Waals surface area (Å²) < 4.78 is 1.61. The maximum Gasteiger partial charge on any atom is 0.306 e. The largest absolute Gasteiger partial charge is 0.481 e. The third-order valence-electron chi connectivity index (χ3n) is 4.15. The number of nitrogens with one attached hydrogen (secondary N) is 1. The Kier molecular flexibility index (Phi) is 4.45. The van der Waals surface area contributed by atoms with E-state index >= 15 is 0 Å². The summed E-state index contributed by atoms with van der Waals surface area (Å²) in [6.45, 7) is 1.81. The molecule has 2 N–H and O–H groups in total. The lowest BCUT2D eigenvalue weighted by molar-refractivity contribution is -0.142. The number of hydrogen-bond donors (Lipinski definition) is 2. The quantitative estimate of drug-likeness (QED) is 0.804. The fourth-order valence-corrected chi connectivity index (χ4v) is 2.90. The van der Waals surface area contributed by atoms with E-state index in [1.165, 1.54) is 6.92 Å². The van der Waals surface area contributed by atoms with Crippen molar-refractivity contribution in [1.29, 1.82) is 0 Å². The average Bonchev–Trinajstić information content (AvgIpc) is 3.02. The SMILES string of the molecule is CC(=O)c1cc(C(=O)NCC2CCCC2C(=O)O)n(C)c1. The molecule has 1 amide bonds. The minimum atomic E-state index is -0.788. The summed E-state index contributed by atoms with van der Waals surface area (Å²) in [7, 11) is 1.71. The van der Waals surface area contributed by atoms with E-state index < -0.39 is 5.97 Å². The highest BCUT2D eigenvalue weighted by Gasteiger charge is 2.33. The first kappa shape index (κ1) is 15.3. The van der Waals surface area contributed by atoms with E-state index in [-0.39, 0.29) is 23.5 Å². The molecule has 2 rings (SSSR count). The van der Waals surface area contributed by atoms with Gasteiger partial charge in [-0.3, -0.25) is 14.4 Å². The van der Waals surface area contributed by atoms with Crippen LogP contribution in [0.2, 0.25) is 0 Å². The second-order valence-electron chi connectivity index (χ2n) is 5.63. The van der Waals surface area contributed by atoms with Crippen LogP contribution < -0.4 is 5.32 Å².